The lowest BCUT2D eigenvalue weighted by molar-refractivity contribution is -0.272. The van der Waals surface area contributed by atoms with Crippen molar-refractivity contribution in [1.82, 2.24) is 9.55 Å². The summed E-state index contributed by atoms with van der Waals surface area (Å²) in [6.45, 7) is -0.355. The third kappa shape index (κ3) is 5.48. The number of methoxy groups -OCH3 is 1. The highest BCUT2D eigenvalue weighted by atomic mass is 127. The van der Waals surface area contributed by atoms with E-state index in [1.807, 2.05) is 0 Å². The van der Waals surface area contributed by atoms with Crippen molar-refractivity contribution in [2.24, 2.45) is 17.8 Å². The van der Waals surface area contributed by atoms with Gasteiger partial charge in [0.05, 0.1) is 7.11 Å². The Balaban J connectivity index is 0.00000364. The number of halogens is 4. The fourth-order valence-corrected chi connectivity index (χ4v) is 2.37. The van der Waals surface area contributed by atoms with E-state index in [1.165, 1.54) is 26.6 Å². The molecule has 0 fully saturated rings. The van der Waals surface area contributed by atoms with E-state index in [2.05, 4.69) is 15.3 Å². The largest absolute Gasteiger partial charge is 0.497 e. The Kier molecular flexibility index (Phi) is 7.90. The van der Waals surface area contributed by atoms with Gasteiger partial charge in [-0.25, -0.2) is 4.98 Å². The number of hydrogen-bond donors (Lipinski definition) is 3. The van der Waals surface area contributed by atoms with E-state index in [0.717, 1.165) is 4.57 Å². The minimum atomic E-state index is -4.91. The first-order chi connectivity index (χ1) is 12.2. The van der Waals surface area contributed by atoms with Gasteiger partial charge in [0.15, 0.2) is 5.96 Å². The van der Waals surface area contributed by atoms with Gasteiger partial charge in [-0.1, -0.05) is 6.07 Å². The van der Waals surface area contributed by atoms with Crippen LogP contribution < -0.4 is 15.8 Å². The van der Waals surface area contributed by atoms with Crippen LogP contribution in [0.15, 0.2) is 41.7 Å². The van der Waals surface area contributed by atoms with Gasteiger partial charge in [0.2, 0.25) is 5.60 Å². The van der Waals surface area contributed by atoms with Gasteiger partial charge < -0.3 is 25.5 Å². The van der Waals surface area contributed by atoms with Crippen LogP contribution >= 0.6 is 24.0 Å². The number of rotatable bonds is 6. The Morgan fingerprint density at radius 2 is 2.11 bits per heavy atom. The number of ether oxygens (including phenoxy) is 1. The molecule has 0 radical (unpaired) electrons. The van der Waals surface area contributed by atoms with Gasteiger partial charge in [0, 0.05) is 44.2 Å². The molecule has 0 saturated heterocycles. The van der Waals surface area contributed by atoms with Crippen molar-refractivity contribution < 1.29 is 23.0 Å². The summed E-state index contributed by atoms with van der Waals surface area (Å²) in [6, 6.07) is 6.81. The van der Waals surface area contributed by atoms with E-state index in [1.54, 1.807) is 24.3 Å². The van der Waals surface area contributed by atoms with E-state index < -0.39 is 24.0 Å². The Morgan fingerprint density at radius 3 is 2.67 bits per heavy atom. The molecule has 27 heavy (non-hydrogen) atoms. The van der Waals surface area contributed by atoms with Crippen molar-refractivity contribution in [2.45, 2.75) is 18.2 Å². The molecule has 0 spiro atoms. The Labute approximate surface area is 171 Å². The molecule has 7 nitrogen and oxygen atoms in total. The van der Waals surface area contributed by atoms with E-state index in [0.29, 0.717) is 11.4 Å². The maximum atomic E-state index is 13.4. The van der Waals surface area contributed by atoms with Crippen molar-refractivity contribution in [1.29, 1.82) is 0 Å². The third-order valence-corrected chi connectivity index (χ3v) is 3.76. The number of aromatic nitrogens is 2. The van der Waals surface area contributed by atoms with Gasteiger partial charge >= 0.3 is 6.18 Å². The van der Waals surface area contributed by atoms with Crippen LogP contribution in [-0.2, 0) is 12.6 Å². The summed E-state index contributed by atoms with van der Waals surface area (Å²) in [5.41, 5.74) is 3.15. The summed E-state index contributed by atoms with van der Waals surface area (Å²) in [4.78, 5) is 7.48. The average molecular weight is 499 g/mol. The first kappa shape index (κ1) is 23.0. The van der Waals surface area contributed by atoms with Crippen LogP contribution in [0.4, 0.5) is 18.9 Å². The fraction of sp³-hybridized carbons (Fsp3) is 0.375. The Bertz CT molecular complexity index is 781. The molecule has 1 unspecified atom stereocenters. The molecule has 2 aromatic rings. The molecule has 1 aromatic heterocycles. The minimum absolute atomic E-state index is 0. The summed E-state index contributed by atoms with van der Waals surface area (Å²) in [5, 5.41) is 13.0. The first-order valence-corrected chi connectivity index (χ1v) is 7.65. The number of nitrogens with one attached hydrogen (secondary N) is 1. The molecule has 0 aliphatic carbocycles. The maximum Gasteiger partial charge on any atom is 0.424 e. The van der Waals surface area contributed by atoms with E-state index >= 15 is 0 Å². The van der Waals surface area contributed by atoms with Crippen LogP contribution in [0.5, 0.6) is 5.75 Å². The van der Waals surface area contributed by atoms with Crippen LogP contribution in [0.25, 0.3) is 0 Å². The van der Waals surface area contributed by atoms with Crippen molar-refractivity contribution in [3.8, 4) is 5.75 Å². The molecule has 0 aliphatic rings. The highest BCUT2D eigenvalue weighted by Gasteiger charge is 2.57. The number of guanidine groups is 1. The van der Waals surface area contributed by atoms with Crippen molar-refractivity contribution in [2.75, 3.05) is 19.0 Å². The average Bonchev–Trinajstić information content (AvgIpc) is 3.00. The molecule has 1 aromatic carbocycles. The van der Waals surface area contributed by atoms with Gasteiger partial charge in [-0.2, -0.15) is 13.2 Å². The number of aliphatic hydroxyl groups is 1. The zero-order valence-corrected chi connectivity index (χ0v) is 17.0. The van der Waals surface area contributed by atoms with Gasteiger partial charge in [-0.3, -0.25) is 4.99 Å². The van der Waals surface area contributed by atoms with Gasteiger partial charge in [0.1, 0.15) is 11.6 Å². The molecular formula is C16H21F3IN5O2. The second-order valence-corrected chi connectivity index (χ2v) is 5.59. The number of nitrogens with zero attached hydrogens (tertiary/aromatic N) is 3. The fourth-order valence-electron chi connectivity index (χ4n) is 2.37. The van der Waals surface area contributed by atoms with E-state index in [-0.39, 0.29) is 36.5 Å². The predicted molar refractivity (Wildman–Crippen MR) is 106 cm³/mol. The standard InChI is InChI=1S/C16H20F3N5O2.HI/c1-24-9-8-21-13(24)15(25,16(17,18)19)6-7-22-14(20)23-11-4-3-5-12(10-11)26-2;/h3-5,8-10,25H,6-7H2,1-2H3,(H3,20,22,23);1H. The molecule has 4 N–H and O–H groups in total. The molecule has 1 atom stereocenters. The zero-order valence-electron chi connectivity index (χ0n) is 14.7. The summed E-state index contributed by atoms with van der Waals surface area (Å²) >= 11 is 0. The molecule has 11 heteroatoms. The highest BCUT2D eigenvalue weighted by molar-refractivity contribution is 14.0. The van der Waals surface area contributed by atoms with Gasteiger partial charge in [-0.05, 0) is 12.1 Å². The van der Waals surface area contributed by atoms with Crippen LogP contribution in [0, 0.1) is 0 Å². The molecule has 0 bridgehead atoms. The van der Waals surface area contributed by atoms with Crippen molar-refractivity contribution >= 4 is 35.6 Å². The lowest BCUT2D eigenvalue weighted by Gasteiger charge is -2.29. The SMILES string of the molecule is COc1cccc(NC(N)=NCCC(O)(c2nccn2C)C(F)(F)F)c1.I. The molecule has 0 aliphatic heterocycles. The monoisotopic (exact) mass is 499 g/mol. The quantitative estimate of drug-likeness (QED) is 0.323. The van der Waals surface area contributed by atoms with E-state index in [4.69, 9.17) is 10.5 Å². The first-order valence-electron chi connectivity index (χ1n) is 7.65. The Hall–Kier alpha value is -2.02. The maximum absolute atomic E-state index is 13.4. The molecule has 0 saturated carbocycles. The molecule has 1 heterocycles. The molecule has 150 valence electrons. The van der Waals surface area contributed by atoms with Crippen LogP contribution in [-0.4, -0.2) is 40.4 Å². The third-order valence-electron chi connectivity index (χ3n) is 3.76. The number of imidazole rings is 1. The van der Waals surface area contributed by atoms with Crippen LogP contribution in [0.1, 0.15) is 12.2 Å². The number of anilines is 1. The lowest BCUT2D eigenvalue weighted by atomic mass is 9.98. The van der Waals surface area contributed by atoms with Crippen molar-refractivity contribution in [3.63, 3.8) is 0 Å². The molecular weight excluding hydrogens is 478 g/mol. The van der Waals surface area contributed by atoms with Gasteiger partial charge in [0.25, 0.3) is 0 Å². The normalized spacial score (nSPS) is 14.2. The van der Waals surface area contributed by atoms with Gasteiger partial charge in [-0.15, -0.1) is 24.0 Å². The number of aliphatic imine (C=N–C) groups is 1. The zero-order chi connectivity index (χ0) is 19.4. The number of alkyl halides is 3. The molecule has 0 amide bonds. The smallest absolute Gasteiger partial charge is 0.424 e. The number of aryl methyl sites for hydroxylation is 1. The summed E-state index contributed by atoms with van der Waals surface area (Å²) in [7, 11) is 2.88. The summed E-state index contributed by atoms with van der Waals surface area (Å²) in [6.07, 6.45) is -3.11. The summed E-state index contributed by atoms with van der Waals surface area (Å²) < 4.78 is 46.4. The number of nitrogens with two attached hydrogens (primary N) is 1. The second-order valence-electron chi connectivity index (χ2n) is 5.59. The van der Waals surface area contributed by atoms with Crippen molar-refractivity contribution in [3.05, 3.63) is 42.5 Å². The number of benzene rings is 1. The van der Waals surface area contributed by atoms with E-state index in [9.17, 15) is 18.3 Å². The second kappa shape index (κ2) is 9.26. The predicted octanol–water partition coefficient (Wildman–Crippen LogP) is 2.61. The lowest BCUT2D eigenvalue weighted by Crippen LogP contribution is -2.45. The molecule has 2 rings (SSSR count). The topological polar surface area (TPSA) is 97.7 Å². The minimum Gasteiger partial charge on any atom is -0.497 e. The number of hydrogen-bond acceptors (Lipinski definition) is 4. The Morgan fingerprint density at radius 1 is 1.41 bits per heavy atom. The summed E-state index contributed by atoms with van der Waals surface area (Å²) in [5.74, 6) is 0.00572. The highest BCUT2D eigenvalue weighted by Crippen LogP contribution is 2.40. The van der Waals surface area contributed by atoms with Crippen LogP contribution in [0.2, 0.25) is 0 Å². The van der Waals surface area contributed by atoms with Crippen LogP contribution in [0.3, 0.4) is 0 Å².